The van der Waals surface area contributed by atoms with E-state index < -0.39 is 84.0 Å². The van der Waals surface area contributed by atoms with Crippen LogP contribution in [0.5, 0.6) is 0 Å². The van der Waals surface area contributed by atoms with Gasteiger partial charge in [-0.2, -0.15) is 0 Å². The van der Waals surface area contributed by atoms with E-state index in [1.807, 2.05) is 0 Å². The van der Waals surface area contributed by atoms with E-state index >= 15 is 0 Å². The average Bonchev–Trinajstić information content (AvgIpc) is 3.23. The molecule has 3 amide bonds. The highest BCUT2D eigenvalue weighted by atomic mass is 16.4. The second-order valence-corrected chi connectivity index (χ2v) is 17.8. The molecule has 2 aliphatic carbocycles. The Balaban J connectivity index is 1.54. The van der Waals surface area contributed by atoms with E-state index in [-0.39, 0.29) is 44.3 Å². The predicted octanol–water partition coefficient (Wildman–Crippen LogP) is 6.02. The van der Waals surface area contributed by atoms with E-state index in [1.165, 1.54) is 103 Å². The van der Waals surface area contributed by atoms with Gasteiger partial charge >= 0.3 is 5.97 Å². The number of Topliss-reactive ketones (excluding diaryl/α,β-unsaturated/α-hetero) is 2. The lowest BCUT2D eigenvalue weighted by molar-refractivity contribution is -0.143. The third-order valence-electron chi connectivity index (χ3n) is 12.8. The molecule has 348 valence electrons. The topological polar surface area (TPSA) is 214 Å². The van der Waals surface area contributed by atoms with Crippen LogP contribution in [0.3, 0.4) is 0 Å². The number of nitrogens with one attached hydrogen (secondary N) is 2. The van der Waals surface area contributed by atoms with Crippen LogP contribution in [-0.4, -0.2) is 123 Å². The summed E-state index contributed by atoms with van der Waals surface area (Å²) in [6.07, 6.45) is 22.0. The van der Waals surface area contributed by atoms with Crippen LogP contribution >= 0.6 is 0 Å². The van der Waals surface area contributed by atoms with Gasteiger partial charge in [0.15, 0.2) is 11.6 Å². The van der Waals surface area contributed by atoms with Gasteiger partial charge in [0.1, 0.15) is 17.8 Å². The number of fused-ring (bicyclic) bond motifs is 4. The van der Waals surface area contributed by atoms with Crippen LogP contribution in [-0.2, 0) is 28.8 Å². The first kappa shape index (κ1) is 52.2. The Kier molecular flexibility index (Phi) is 22.8. The van der Waals surface area contributed by atoms with Gasteiger partial charge in [-0.05, 0) is 57.0 Å². The molecule has 0 radical (unpaired) electrons. The second kappa shape index (κ2) is 27.1. The van der Waals surface area contributed by atoms with Crippen LogP contribution in [0.2, 0.25) is 0 Å². The molecule has 3 aliphatic rings. The van der Waals surface area contributed by atoms with E-state index in [1.54, 1.807) is 30.2 Å². The zero-order valence-corrected chi connectivity index (χ0v) is 38.0. The molecule has 0 spiro atoms. The summed E-state index contributed by atoms with van der Waals surface area (Å²) in [4.78, 5) is 82.6. The number of aliphatic hydroxyl groups excluding tert-OH is 3. The highest BCUT2D eigenvalue weighted by Crippen LogP contribution is 2.37. The van der Waals surface area contributed by atoms with Gasteiger partial charge in [0.2, 0.25) is 17.7 Å². The number of carboxylic acids is 1. The molecule has 0 saturated heterocycles. The fraction of sp³-hybridized carbons (Fsp3) is 0.708. The first-order valence-electron chi connectivity index (χ1n) is 23.2. The van der Waals surface area contributed by atoms with Crippen LogP contribution in [0.15, 0.2) is 46.8 Å². The fourth-order valence-corrected chi connectivity index (χ4v) is 8.69. The maximum Gasteiger partial charge on any atom is 0.326 e. The molecule has 1 unspecified atom stereocenters. The van der Waals surface area contributed by atoms with Crippen molar-refractivity contribution in [2.45, 2.75) is 179 Å². The molecule has 0 aromatic carbocycles. The summed E-state index contributed by atoms with van der Waals surface area (Å²) in [7, 11) is 3.22. The summed E-state index contributed by atoms with van der Waals surface area (Å²) in [6, 6.07) is -4.21. The highest BCUT2D eigenvalue weighted by molar-refractivity contribution is 5.95. The minimum Gasteiger partial charge on any atom is -0.508 e. The van der Waals surface area contributed by atoms with Gasteiger partial charge in [-0.25, -0.2) is 4.79 Å². The van der Waals surface area contributed by atoms with Crippen LogP contribution in [0, 0.1) is 11.8 Å². The molecule has 1 aliphatic heterocycles. The number of unbranched alkanes of at least 4 members (excludes halogenated alkanes) is 13. The van der Waals surface area contributed by atoms with Crippen molar-refractivity contribution in [2.24, 2.45) is 11.8 Å². The number of carbonyl (C=O) groups is 6. The van der Waals surface area contributed by atoms with Gasteiger partial charge in [-0.3, -0.25) is 28.9 Å². The van der Waals surface area contributed by atoms with Crippen molar-refractivity contribution in [3.63, 3.8) is 0 Å². The molecule has 6 N–H and O–H groups in total. The zero-order valence-electron chi connectivity index (χ0n) is 38.0. The maximum atomic E-state index is 14.1. The van der Waals surface area contributed by atoms with Crippen molar-refractivity contribution in [1.29, 1.82) is 0 Å². The number of nitrogens with zero attached hydrogens (tertiary/aromatic N) is 2. The summed E-state index contributed by atoms with van der Waals surface area (Å²) in [5.74, 6) is -5.52. The van der Waals surface area contributed by atoms with E-state index in [4.69, 9.17) is 0 Å². The Morgan fingerprint density at radius 2 is 1.48 bits per heavy atom. The summed E-state index contributed by atoms with van der Waals surface area (Å²) in [5.41, 5.74) is 1.28. The number of hydrogen-bond acceptors (Lipinski definition) is 10. The van der Waals surface area contributed by atoms with Crippen LogP contribution < -0.4 is 10.6 Å². The number of carboxylic acid groups (broad SMARTS) is 1. The Labute approximate surface area is 369 Å². The van der Waals surface area contributed by atoms with Gasteiger partial charge in [0.25, 0.3) is 0 Å². The number of hydrogen-bond donors (Lipinski definition) is 6. The number of amides is 3. The minimum atomic E-state index is -1.30. The van der Waals surface area contributed by atoms with Crippen molar-refractivity contribution < 1.29 is 49.2 Å². The van der Waals surface area contributed by atoms with Crippen molar-refractivity contribution in [3.05, 3.63) is 46.8 Å². The third kappa shape index (κ3) is 16.5. The van der Waals surface area contributed by atoms with Crippen molar-refractivity contribution >= 4 is 35.3 Å². The highest BCUT2D eigenvalue weighted by Gasteiger charge is 2.39. The first-order valence-corrected chi connectivity index (χ1v) is 23.2. The molecule has 0 fully saturated rings. The van der Waals surface area contributed by atoms with Gasteiger partial charge in [0, 0.05) is 50.1 Å². The van der Waals surface area contributed by atoms with Gasteiger partial charge < -0.3 is 36.0 Å². The summed E-state index contributed by atoms with van der Waals surface area (Å²) >= 11 is 0. The Morgan fingerprint density at radius 1 is 0.887 bits per heavy atom. The molecule has 14 heteroatoms. The smallest absolute Gasteiger partial charge is 0.326 e. The van der Waals surface area contributed by atoms with Crippen LogP contribution in [0.1, 0.15) is 149 Å². The van der Waals surface area contributed by atoms with Gasteiger partial charge in [-0.15, -0.1) is 0 Å². The maximum absolute atomic E-state index is 14.1. The molecule has 14 nitrogen and oxygen atoms in total. The summed E-state index contributed by atoms with van der Waals surface area (Å²) in [5, 5.41) is 47.1. The standard InChI is InChI=1S/C48H76N4O10/c1-6-7-8-9-10-11-12-13-14-15-16-17-18-19-26-51(4)39(31-53)47(60)49-33(3)40(54)24-25-44(58)52(5)45-35-21-23-42(56)37(30-35)36-28-34(20-22-41(36)55)29-38(48(61)62)50-46(59)32(2)27-43(45)57/h20-21,23,28,32-33,35,38-39,41,45,53,55-56H,6-19,22,24-27,29-31H2,1-5H3,(H,49,60)(H,50,59)(H,61,62)/t32-,33-,35+,38+,39-,41?,45+/m1/s1. The van der Waals surface area contributed by atoms with Crippen molar-refractivity contribution in [2.75, 3.05) is 27.2 Å². The molecule has 4 bridgehead atoms. The van der Waals surface area contributed by atoms with Gasteiger partial charge in [0.05, 0.1) is 24.8 Å². The number of rotatable bonds is 25. The second-order valence-electron chi connectivity index (χ2n) is 17.8. The number of likely N-dealkylation sites (N-methyl/N-ethyl adjacent to an activating group) is 2. The molecule has 3 rings (SSSR count). The van der Waals surface area contributed by atoms with Crippen molar-refractivity contribution in [1.82, 2.24) is 20.4 Å². The normalized spacial score (nSPS) is 22.9. The lowest BCUT2D eigenvalue weighted by atomic mass is 9.78. The van der Waals surface area contributed by atoms with Crippen LogP contribution in [0.4, 0.5) is 0 Å². The van der Waals surface area contributed by atoms with E-state index in [0.717, 1.165) is 19.3 Å². The van der Waals surface area contributed by atoms with E-state index in [0.29, 0.717) is 23.3 Å². The molecular formula is C48H76N4O10. The molecule has 7 atom stereocenters. The summed E-state index contributed by atoms with van der Waals surface area (Å²) < 4.78 is 0. The molecular weight excluding hydrogens is 793 g/mol. The van der Waals surface area contributed by atoms with Crippen LogP contribution in [0.25, 0.3) is 0 Å². The lowest BCUT2D eigenvalue weighted by Crippen LogP contribution is -2.51. The molecule has 0 saturated carbocycles. The molecule has 0 aromatic rings. The Morgan fingerprint density at radius 3 is 2.06 bits per heavy atom. The number of carbonyl (C=O) groups excluding carboxylic acids is 5. The molecule has 62 heavy (non-hydrogen) atoms. The number of allylic oxidation sites excluding steroid dienone is 2. The Hall–Kier alpha value is -4.14. The molecule has 1 heterocycles. The quantitative estimate of drug-likeness (QED) is 0.0585. The lowest BCUT2D eigenvalue weighted by Gasteiger charge is -2.36. The average molecular weight is 869 g/mol. The summed E-state index contributed by atoms with van der Waals surface area (Å²) in [6.45, 7) is 5.48. The predicted molar refractivity (Wildman–Crippen MR) is 239 cm³/mol. The van der Waals surface area contributed by atoms with Crippen molar-refractivity contribution in [3.8, 4) is 0 Å². The Bertz CT molecular complexity index is 1650. The van der Waals surface area contributed by atoms with Gasteiger partial charge in [-0.1, -0.05) is 116 Å². The van der Waals surface area contributed by atoms with E-state index in [9.17, 15) is 49.2 Å². The minimum absolute atomic E-state index is 0.0647. The van der Waals surface area contributed by atoms with E-state index in [2.05, 4.69) is 17.6 Å². The third-order valence-corrected chi connectivity index (χ3v) is 12.8. The SMILES string of the molecule is CCCCCCCCCCCCCCCCN(C)[C@H](CO)C(=O)N[C@H](C)C(=O)CCC(=O)N(C)[C@@H]1C(=O)C[C@@H](C)C(=O)N[C@H](C(=O)O)CC2=CCC(O)C(=C2)C2=C(O)C=C[C@H]1C2. The number of aliphatic hydroxyl groups is 3. The first-order chi connectivity index (χ1) is 29.6. The monoisotopic (exact) mass is 869 g/mol. The fourth-order valence-electron chi connectivity index (χ4n) is 8.69. The number of ketones is 2. The zero-order chi connectivity index (χ0) is 45.8. The molecule has 0 aromatic heterocycles. The largest absolute Gasteiger partial charge is 0.508 e. The number of aliphatic carboxylic acids is 1.